The van der Waals surface area contributed by atoms with Crippen molar-refractivity contribution in [2.75, 3.05) is 5.32 Å². The average molecular weight is 413 g/mol. The van der Waals surface area contributed by atoms with Crippen LogP contribution in [-0.2, 0) is 11.3 Å². The van der Waals surface area contributed by atoms with Gasteiger partial charge in [0.15, 0.2) is 5.82 Å². The first-order valence-corrected chi connectivity index (χ1v) is 8.97. The molecule has 1 amide bonds. The molecule has 6 nitrogen and oxygen atoms in total. The van der Waals surface area contributed by atoms with E-state index in [2.05, 4.69) is 15.5 Å². The van der Waals surface area contributed by atoms with E-state index in [0.29, 0.717) is 33.1 Å². The summed E-state index contributed by atoms with van der Waals surface area (Å²) in [7, 11) is 0. The van der Waals surface area contributed by atoms with Gasteiger partial charge in [-0.1, -0.05) is 40.9 Å². The zero-order chi connectivity index (χ0) is 18.8. The molecule has 1 atom stereocenters. The number of carbonyl (C=O) groups is 1. The molecular weight excluding hydrogens is 397 g/mol. The number of aryl methyl sites for hydroxylation is 1. The SMILES string of the molecule is Cc1nn(C(C)C(=O)Nc2ccn(Cc3c(Cl)cccc3Cl)n2)cc1Cl. The van der Waals surface area contributed by atoms with Crippen LogP contribution in [0.1, 0.15) is 24.2 Å². The average Bonchev–Trinajstić information content (AvgIpc) is 3.17. The third-order valence-electron chi connectivity index (χ3n) is 3.91. The van der Waals surface area contributed by atoms with E-state index < -0.39 is 6.04 Å². The van der Waals surface area contributed by atoms with E-state index in [4.69, 9.17) is 34.8 Å². The van der Waals surface area contributed by atoms with Crippen LogP contribution in [0.3, 0.4) is 0 Å². The number of amides is 1. The fourth-order valence-corrected chi connectivity index (χ4v) is 3.03. The van der Waals surface area contributed by atoms with Gasteiger partial charge in [-0.05, 0) is 26.0 Å². The normalized spacial score (nSPS) is 12.2. The Balaban J connectivity index is 1.69. The Morgan fingerprint density at radius 3 is 2.46 bits per heavy atom. The molecule has 1 unspecified atom stereocenters. The van der Waals surface area contributed by atoms with Gasteiger partial charge in [-0.2, -0.15) is 10.2 Å². The summed E-state index contributed by atoms with van der Waals surface area (Å²) in [5.41, 5.74) is 1.44. The second-order valence-corrected chi connectivity index (χ2v) is 7.03. The van der Waals surface area contributed by atoms with Gasteiger partial charge in [0.1, 0.15) is 6.04 Å². The van der Waals surface area contributed by atoms with Crippen molar-refractivity contribution in [3.8, 4) is 0 Å². The summed E-state index contributed by atoms with van der Waals surface area (Å²) in [5, 5.41) is 13.0. The van der Waals surface area contributed by atoms with Gasteiger partial charge in [-0.3, -0.25) is 14.2 Å². The molecule has 1 N–H and O–H groups in total. The van der Waals surface area contributed by atoms with E-state index in [1.165, 1.54) is 4.68 Å². The van der Waals surface area contributed by atoms with Crippen LogP contribution in [-0.4, -0.2) is 25.5 Å². The number of hydrogen-bond acceptors (Lipinski definition) is 3. The number of rotatable bonds is 5. The molecule has 0 aliphatic carbocycles. The molecule has 0 spiro atoms. The zero-order valence-electron chi connectivity index (χ0n) is 14.1. The maximum atomic E-state index is 12.4. The number of anilines is 1. The molecule has 0 saturated carbocycles. The van der Waals surface area contributed by atoms with Crippen LogP contribution in [0.15, 0.2) is 36.7 Å². The van der Waals surface area contributed by atoms with Gasteiger partial charge >= 0.3 is 0 Å². The highest BCUT2D eigenvalue weighted by Gasteiger charge is 2.18. The Labute approximate surface area is 165 Å². The summed E-state index contributed by atoms with van der Waals surface area (Å²) in [5.74, 6) is 0.185. The lowest BCUT2D eigenvalue weighted by Crippen LogP contribution is -2.24. The molecule has 3 rings (SSSR count). The third-order valence-corrected chi connectivity index (χ3v) is 4.99. The maximum Gasteiger partial charge on any atom is 0.250 e. The lowest BCUT2D eigenvalue weighted by Gasteiger charge is -2.11. The number of halogens is 3. The Morgan fingerprint density at radius 1 is 1.15 bits per heavy atom. The number of carbonyl (C=O) groups excluding carboxylic acids is 1. The molecule has 0 aliphatic rings. The van der Waals surface area contributed by atoms with Crippen molar-refractivity contribution >= 4 is 46.5 Å². The lowest BCUT2D eigenvalue weighted by molar-refractivity contribution is -0.119. The van der Waals surface area contributed by atoms with Crippen LogP contribution in [0.2, 0.25) is 15.1 Å². The van der Waals surface area contributed by atoms with Crippen molar-refractivity contribution in [1.29, 1.82) is 0 Å². The van der Waals surface area contributed by atoms with Crippen molar-refractivity contribution in [1.82, 2.24) is 19.6 Å². The molecule has 0 radical (unpaired) electrons. The summed E-state index contributed by atoms with van der Waals surface area (Å²) in [6.45, 7) is 3.92. The number of aromatic nitrogens is 4. The number of nitrogens with zero attached hydrogens (tertiary/aromatic N) is 4. The first kappa shape index (κ1) is 18.8. The minimum Gasteiger partial charge on any atom is -0.307 e. The van der Waals surface area contributed by atoms with Crippen molar-refractivity contribution in [2.24, 2.45) is 0 Å². The van der Waals surface area contributed by atoms with E-state index in [9.17, 15) is 4.79 Å². The number of nitrogens with one attached hydrogen (secondary N) is 1. The van der Waals surface area contributed by atoms with Gasteiger partial charge in [0, 0.05) is 34.1 Å². The fourth-order valence-electron chi connectivity index (χ4n) is 2.37. The van der Waals surface area contributed by atoms with E-state index in [-0.39, 0.29) is 5.91 Å². The van der Waals surface area contributed by atoms with E-state index >= 15 is 0 Å². The van der Waals surface area contributed by atoms with Gasteiger partial charge in [0.2, 0.25) is 5.91 Å². The molecule has 26 heavy (non-hydrogen) atoms. The number of hydrogen-bond donors (Lipinski definition) is 1. The first-order chi connectivity index (χ1) is 12.3. The van der Waals surface area contributed by atoms with E-state index in [1.54, 1.807) is 55.2 Å². The Kier molecular flexibility index (Phi) is 5.55. The summed E-state index contributed by atoms with van der Waals surface area (Å²) < 4.78 is 3.18. The van der Waals surface area contributed by atoms with Gasteiger partial charge < -0.3 is 5.32 Å². The molecule has 9 heteroatoms. The van der Waals surface area contributed by atoms with Crippen LogP contribution in [0.4, 0.5) is 5.82 Å². The summed E-state index contributed by atoms with van der Waals surface area (Å²) in [4.78, 5) is 12.4. The molecular formula is C17H16Cl3N5O. The van der Waals surface area contributed by atoms with Crippen LogP contribution in [0.5, 0.6) is 0 Å². The second kappa shape index (κ2) is 7.70. The minimum atomic E-state index is -0.524. The van der Waals surface area contributed by atoms with Crippen LogP contribution in [0, 0.1) is 6.92 Å². The molecule has 1 aromatic carbocycles. The molecule has 2 aromatic heterocycles. The highest BCUT2D eigenvalue weighted by molar-refractivity contribution is 6.36. The highest BCUT2D eigenvalue weighted by Crippen LogP contribution is 2.25. The topological polar surface area (TPSA) is 64.7 Å². The molecule has 0 aliphatic heterocycles. The maximum absolute atomic E-state index is 12.4. The van der Waals surface area contributed by atoms with Gasteiger partial charge in [-0.25, -0.2) is 0 Å². The number of benzene rings is 1. The second-order valence-electron chi connectivity index (χ2n) is 5.81. The predicted octanol–water partition coefficient (Wildman–Crippen LogP) is 4.60. The van der Waals surface area contributed by atoms with Gasteiger partial charge in [0.05, 0.1) is 17.3 Å². The fraction of sp³-hybridized carbons (Fsp3) is 0.235. The summed E-state index contributed by atoms with van der Waals surface area (Å²) in [6, 6.07) is 6.51. The van der Waals surface area contributed by atoms with Crippen molar-refractivity contribution in [2.45, 2.75) is 26.4 Å². The Bertz CT molecular complexity index is 910. The summed E-state index contributed by atoms with van der Waals surface area (Å²) in [6.07, 6.45) is 3.37. The first-order valence-electron chi connectivity index (χ1n) is 7.83. The van der Waals surface area contributed by atoms with Crippen molar-refractivity contribution in [3.05, 3.63) is 63.0 Å². The third kappa shape index (κ3) is 4.03. The quantitative estimate of drug-likeness (QED) is 0.666. The minimum absolute atomic E-state index is 0.245. The molecule has 136 valence electrons. The van der Waals surface area contributed by atoms with Gasteiger partial charge in [0.25, 0.3) is 0 Å². The summed E-state index contributed by atoms with van der Waals surface area (Å²) >= 11 is 18.3. The molecule has 0 fully saturated rings. The van der Waals surface area contributed by atoms with Crippen molar-refractivity contribution in [3.63, 3.8) is 0 Å². The largest absolute Gasteiger partial charge is 0.307 e. The predicted molar refractivity (Wildman–Crippen MR) is 103 cm³/mol. The molecule has 0 bridgehead atoms. The lowest BCUT2D eigenvalue weighted by atomic mass is 10.2. The molecule has 2 heterocycles. The highest BCUT2D eigenvalue weighted by atomic mass is 35.5. The van der Waals surface area contributed by atoms with Gasteiger partial charge in [-0.15, -0.1) is 0 Å². The molecule has 3 aromatic rings. The van der Waals surface area contributed by atoms with Crippen LogP contribution >= 0.6 is 34.8 Å². The monoisotopic (exact) mass is 411 g/mol. The van der Waals surface area contributed by atoms with Crippen LogP contribution in [0.25, 0.3) is 0 Å². The molecule has 0 saturated heterocycles. The Hall–Kier alpha value is -2.02. The van der Waals surface area contributed by atoms with Crippen molar-refractivity contribution < 1.29 is 4.79 Å². The Morgan fingerprint density at radius 2 is 1.85 bits per heavy atom. The van der Waals surface area contributed by atoms with E-state index in [1.807, 2.05) is 0 Å². The van der Waals surface area contributed by atoms with Crippen LogP contribution < -0.4 is 5.32 Å². The van der Waals surface area contributed by atoms with E-state index in [0.717, 1.165) is 5.56 Å². The zero-order valence-corrected chi connectivity index (χ0v) is 16.3. The standard InChI is InChI=1S/C17H16Cl3N5O/c1-10-15(20)9-25(22-10)11(2)17(26)21-16-6-7-24(23-16)8-12-13(18)4-3-5-14(12)19/h3-7,9,11H,8H2,1-2H3,(H,21,23,26). The smallest absolute Gasteiger partial charge is 0.250 e.